The molecule has 2 aromatic rings. The smallest absolute Gasteiger partial charge is 0.304 e. The molecule has 0 atom stereocenters. The number of aryl methyl sites for hydroxylation is 1. The Balaban J connectivity index is 2.12. The Morgan fingerprint density at radius 3 is 2.85 bits per heavy atom. The molecule has 1 aromatic heterocycles. The average molecular weight is 321 g/mol. The lowest BCUT2D eigenvalue weighted by Gasteiger charge is -2.30. The third-order valence-corrected chi connectivity index (χ3v) is 4.29. The minimum Gasteiger partial charge on any atom is -0.304 e. The van der Waals surface area contributed by atoms with Crippen molar-refractivity contribution in [1.29, 1.82) is 0 Å². The van der Waals surface area contributed by atoms with Gasteiger partial charge in [-0.1, -0.05) is 11.6 Å². The fourth-order valence-corrected chi connectivity index (χ4v) is 3.39. The van der Waals surface area contributed by atoms with Crippen molar-refractivity contribution in [1.82, 2.24) is 4.98 Å². The number of rotatable bonds is 0. The molecule has 0 unspecified atom stereocenters. The molecular formula is C12H8ClF3N2OS. The minimum absolute atomic E-state index is 0.0728. The minimum atomic E-state index is -4.87. The van der Waals surface area contributed by atoms with Gasteiger partial charge in [-0.25, -0.2) is 4.98 Å². The molecule has 0 fully saturated rings. The lowest BCUT2D eigenvalue weighted by molar-refractivity contribution is -0.170. The van der Waals surface area contributed by atoms with E-state index in [2.05, 4.69) is 4.98 Å². The number of hydrogen-bond donors (Lipinski definition) is 0. The fraction of sp³-hybridized carbons (Fsp3) is 0.333. The topological polar surface area (TPSA) is 33.2 Å². The van der Waals surface area contributed by atoms with Gasteiger partial charge in [0.25, 0.3) is 0 Å². The van der Waals surface area contributed by atoms with E-state index in [1.54, 1.807) is 12.1 Å². The molecule has 0 N–H and O–H groups in total. The van der Waals surface area contributed by atoms with E-state index in [-0.39, 0.29) is 6.54 Å². The molecule has 3 rings (SSSR count). The SMILES string of the molecule is O=C(N1CCCc2cc3nc(Cl)sc3cc21)C(F)(F)F. The molecule has 1 aliphatic rings. The van der Waals surface area contributed by atoms with Gasteiger partial charge in [-0.3, -0.25) is 4.79 Å². The van der Waals surface area contributed by atoms with Gasteiger partial charge in [0.2, 0.25) is 0 Å². The highest BCUT2D eigenvalue weighted by atomic mass is 35.5. The molecule has 0 radical (unpaired) electrons. The molecule has 106 valence electrons. The molecule has 0 saturated carbocycles. The summed E-state index contributed by atoms with van der Waals surface area (Å²) in [5.74, 6) is -1.83. The van der Waals surface area contributed by atoms with Crippen LogP contribution in [-0.2, 0) is 11.2 Å². The van der Waals surface area contributed by atoms with Crippen molar-refractivity contribution in [3.63, 3.8) is 0 Å². The number of fused-ring (bicyclic) bond motifs is 2. The number of anilines is 1. The Morgan fingerprint density at radius 2 is 2.15 bits per heavy atom. The van der Waals surface area contributed by atoms with E-state index in [4.69, 9.17) is 11.6 Å². The standard InChI is InChI=1S/C12H8ClF3N2OS/c13-11-17-7-4-6-2-1-3-18(10(19)12(14,15)16)8(6)5-9(7)20-11/h4-5H,1-3H2. The summed E-state index contributed by atoms with van der Waals surface area (Å²) >= 11 is 6.99. The lowest BCUT2D eigenvalue weighted by atomic mass is 10.0. The van der Waals surface area contributed by atoms with Gasteiger partial charge in [0.05, 0.1) is 10.2 Å². The Morgan fingerprint density at radius 1 is 1.40 bits per heavy atom. The first-order valence-electron chi connectivity index (χ1n) is 5.84. The Labute approximate surface area is 121 Å². The van der Waals surface area contributed by atoms with Crippen LogP contribution >= 0.6 is 22.9 Å². The van der Waals surface area contributed by atoms with E-state index in [1.165, 1.54) is 11.3 Å². The van der Waals surface area contributed by atoms with E-state index in [9.17, 15) is 18.0 Å². The van der Waals surface area contributed by atoms with Crippen LogP contribution in [0.2, 0.25) is 4.47 Å². The number of amides is 1. The zero-order valence-corrected chi connectivity index (χ0v) is 11.6. The monoisotopic (exact) mass is 320 g/mol. The number of halogens is 4. The van der Waals surface area contributed by atoms with Crippen LogP contribution in [-0.4, -0.2) is 23.6 Å². The van der Waals surface area contributed by atoms with Crippen LogP contribution in [0, 0.1) is 0 Å². The number of carbonyl (C=O) groups excluding carboxylic acids is 1. The summed E-state index contributed by atoms with van der Waals surface area (Å²) < 4.78 is 38.9. The maximum Gasteiger partial charge on any atom is 0.471 e. The summed E-state index contributed by atoms with van der Waals surface area (Å²) in [5.41, 5.74) is 1.66. The molecule has 2 heterocycles. The predicted molar refractivity (Wildman–Crippen MR) is 71.4 cm³/mol. The number of alkyl halides is 3. The van der Waals surface area contributed by atoms with Gasteiger partial charge < -0.3 is 4.90 Å². The van der Waals surface area contributed by atoms with Crippen molar-refractivity contribution in [3.05, 3.63) is 22.2 Å². The first-order valence-corrected chi connectivity index (χ1v) is 7.03. The largest absolute Gasteiger partial charge is 0.471 e. The van der Waals surface area contributed by atoms with Crippen molar-refractivity contribution in [2.24, 2.45) is 0 Å². The second-order valence-electron chi connectivity index (χ2n) is 4.47. The van der Waals surface area contributed by atoms with E-state index < -0.39 is 12.1 Å². The third kappa shape index (κ3) is 2.25. The van der Waals surface area contributed by atoms with E-state index in [1.807, 2.05) is 0 Å². The maximum atomic E-state index is 12.6. The Kier molecular flexibility index (Phi) is 3.13. The summed E-state index contributed by atoms with van der Waals surface area (Å²) in [6.07, 6.45) is -3.74. The summed E-state index contributed by atoms with van der Waals surface area (Å²) in [6.45, 7) is 0.0728. The molecular weight excluding hydrogens is 313 g/mol. The quantitative estimate of drug-likeness (QED) is 0.740. The fourth-order valence-electron chi connectivity index (χ4n) is 2.34. The first kappa shape index (κ1) is 13.6. The van der Waals surface area contributed by atoms with Gasteiger partial charge in [0.1, 0.15) is 0 Å². The highest BCUT2D eigenvalue weighted by Crippen LogP contribution is 2.36. The molecule has 1 amide bonds. The van der Waals surface area contributed by atoms with Crippen LogP contribution in [0.1, 0.15) is 12.0 Å². The first-order chi connectivity index (χ1) is 9.36. The molecule has 20 heavy (non-hydrogen) atoms. The molecule has 0 aliphatic carbocycles. The second kappa shape index (κ2) is 4.60. The van der Waals surface area contributed by atoms with Gasteiger partial charge >= 0.3 is 12.1 Å². The maximum absolute atomic E-state index is 12.6. The molecule has 0 bridgehead atoms. The van der Waals surface area contributed by atoms with Crippen LogP contribution in [0.15, 0.2) is 12.1 Å². The Bertz CT molecular complexity index is 698. The van der Waals surface area contributed by atoms with Crippen LogP contribution in [0.4, 0.5) is 18.9 Å². The average Bonchev–Trinajstić information content (AvgIpc) is 2.72. The second-order valence-corrected chi connectivity index (χ2v) is 6.09. The van der Waals surface area contributed by atoms with Crippen LogP contribution < -0.4 is 4.90 Å². The molecule has 0 saturated heterocycles. The zero-order chi connectivity index (χ0) is 14.5. The lowest BCUT2D eigenvalue weighted by Crippen LogP contribution is -2.43. The molecule has 1 aliphatic heterocycles. The van der Waals surface area contributed by atoms with Crippen molar-refractivity contribution >= 4 is 44.7 Å². The Hall–Kier alpha value is -1.34. The summed E-state index contributed by atoms with van der Waals surface area (Å²) in [7, 11) is 0. The third-order valence-electron chi connectivity index (χ3n) is 3.17. The number of thiazole rings is 1. The van der Waals surface area contributed by atoms with E-state index in [0.29, 0.717) is 38.8 Å². The number of benzene rings is 1. The highest BCUT2D eigenvalue weighted by Gasteiger charge is 2.44. The summed E-state index contributed by atoms with van der Waals surface area (Å²) in [6, 6.07) is 3.28. The van der Waals surface area contributed by atoms with E-state index in [0.717, 1.165) is 4.90 Å². The molecule has 0 spiro atoms. The zero-order valence-electron chi connectivity index (χ0n) is 10.00. The number of hydrogen-bond acceptors (Lipinski definition) is 3. The molecule has 8 heteroatoms. The molecule has 3 nitrogen and oxygen atoms in total. The van der Waals surface area contributed by atoms with E-state index >= 15 is 0 Å². The predicted octanol–water partition coefficient (Wildman–Crippen LogP) is 3.79. The van der Waals surface area contributed by atoms with Gasteiger partial charge in [-0.2, -0.15) is 13.2 Å². The van der Waals surface area contributed by atoms with Gasteiger partial charge in [0.15, 0.2) is 4.47 Å². The van der Waals surface area contributed by atoms with Crippen molar-refractivity contribution in [2.75, 3.05) is 11.4 Å². The normalized spacial score (nSPS) is 15.5. The van der Waals surface area contributed by atoms with Crippen molar-refractivity contribution in [2.45, 2.75) is 19.0 Å². The van der Waals surface area contributed by atoms with Crippen LogP contribution in [0.3, 0.4) is 0 Å². The van der Waals surface area contributed by atoms with Crippen molar-refractivity contribution in [3.8, 4) is 0 Å². The highest BCUT2D eigenvalue weighted by molar-refractivity contribution is 7.22. The summed E-state index contributed by atoms with van der Waals surface area (Å²) in [5, 5.41) is 0. The van der Waals surface area contributed by atoms with Crippen LogP contribution in [0.25, 0.3) is 10.2 Å². The van der Waals surface area contributed by atoms with Gasteiger partial charge in [-0.05, 0) is 30.5 Å². The summed E-state index contributed by atoms with van der Waals surface area (Å²) in [4.78, 5) is 16.4. The van der Waals surface area contributed by atoms with Gasteiger partial charge in [0, 0.05) is 12.2 Å². The number of nitrogens with zero attached hydrogens (tertiary/aromatic N) is 2. The van der Waals surface area contributed by atoms with Gasteiger partial charge in [-0.15, -0.1) is 11.3 Å². The van der Waals surface area contributed by atoms with Crippen LogP contribution in [0.5, 0.6) is 0 Å². The van der Waals surface area contributed by atoms with Crippen molar-refractivity contribution < 1.29 is 18.0 Å². The molecule has 1 aromatic carbocycles. The number of aromatic nitrogens is 1. The number of carbonyl (C=O) groups is 1.